The maximum Gasteiger partial charge on any atom is 0.251 e. The number of ether oxygens (including phenoxy) is 1. The molecule has 44 heavy (non-hydrogen) atoms. The molecule has 8 nitrogen and oxygen atoms in total. The first-order valence-corrected chi connectivity index (χ1v) is 15.0. The van der Waals surface area contributed by atoms with Gasteiger partial charge in [0.05, 0.1) is 13.2 Å². The van der Waals surface area contributed by atoms with Crippen LogP contribution in [0.3, 0.4) is 0 Å². The molecule has 0 aliphatic rings. The largest absolute Gasteiger partial charge is 0.375 e. The van der Waals surface area contributed by atoms with Crippen LogP contribution in [0.5, 0.6) is 0 Å². The van der Waals surface area contributed by atoms with Crippen molar-refractivity contribution in [2.24, 2.45) is 11.5 Å². The Labute approximate surface area is 257 Å². The summed E-state index contributed by atoms with van der Waals surface area (Å²) in [5.41, 5.74) is 15.0. The first-order chi connectivity index (χ1) is 21.1. The molecule has 6 N–H and O–H groups in total. The number of carbonyl (C=O) groups is 3. The first kappa shape index (κ1) is 34.3. The molecule has 0 aliphatic heterocycles. The standard InChI is InChI=1S/C34H42F2N4O4/c1-4-10-39-33(42)28-16-24(32(38)41)17-29(34(43)40-11-5-2)31(28)27(15-23-13-25(35)18-26(36)14-23)30(37)20-44-19-22-9-7-8-21(6-3)12-22/h7-9,12-14,16-18,27,30H,4-6,10-11,15,19-20,37H2,1-3H3,(H2,38,41)(H,39,42)(H,40,43)/t27-,30?/m1/s1. The summed E-state index contributed by atoms with van der Waals surface area (Å²) in [6, 6.07) is 12.9. The van der Waals surface area contributed by atoms with Gasteiger partial charge in [-0.1, -0.05) is 45.0 Å². The second-order valence-corrected chi connectivity index (χ2v) is 10.8. The summed E-state index contributed by atoms with van der Waals surface area (Å²) in [5.74, 6) is -4.26. The molecule has 0 heterocycles. The highest BCUT2D eigenvalue weighted by Gasteiger charge is 2.32. The van der Waals surface area contributed by atoms with E-state index in [1.165, 1.54) is 24.3 Å². The lowest BCUT2D eigenvalue weighted by atomic mass is 9.80. The van der Waals surface area contributed by atoms with Gasteiger partial charge < -0.3 is 26.8 Å². The molecule has 3 rings (SSSR count). The number of primary amides is 1. The minimum absolute atomic E-state index is 0.00241. The van der Waals surface area contributed by atoms with Gasteiger partial charge in [-0.2, -0.15) is 0 Å². The van der Waals surface area contributed by atoms with E-state index in [0.29, 0.717) is 25.9 Å². The zero-order valence-electron chi connectivity index (χ0n) is 25.6. The Morgan fingerprint density at radius 1 is 0.818 bits per heavy atom. The topological polar surface area (TPSA) is 137 Å². The second-order valence-electron chi connectivity index (χ2n) is 10.8. The van der Waals surface area contributed by atoms with Crippen molar-refractivity contribution in [3.63, 3.8) is 0 Å². The van der Waals surface area contributed by atoms with Gasteiger partial charge >= 0.3 is 0 Å². The molecular formula is C34H42F2N4O4. The summed E-state index contributed by atoms with van der Waals surface area (Å²) >= 11 is 0. The third kappa shape index (κ3) is 9.42. The molecule has 1 unspecified atom stereocenters. The maximum atomic E-state index is 14.3. The van der Waals surface area contributed by atoms with Crippen molar-refractivity contribution in [2.75, 3.05) is 19.7 Å². The second kappa shape index (κ2) is 16.6. The van der Waals surface area contributed by atoms with Crippen molar-refractivity contribution in [1.82, 2.24) is 10.6 Å². The summed E-state index contributed by atoms with van der Waals surface area (Å²) in [6.07, 6.45) is 2.12. The molecule has 0 aromatic heterocycles. The Morgan fingerprint density at radius 3 is 1.91 bits per heavy atom. The number of nitrogens with one attached hydrogen (secondary N) is 2. The van der Waals surface area contributed by atoms with Gasteiger partial charge in [0, 0.05) is 47.8 Å². The van der Waals surface area contributed by atoms with E-state index < -0.39 is 41.3 Å². The van der Waals surface area contributed by atoms with Crippen molar-refractivity contribution in [3.05, 3.63) is 105 Å². The quantitative estimate of drug-likeness (QED) is 0.186. The van der Waals surface area contributed by atoms with Crippen LogP contribution in [0.15, 0.2) is 54.6 Å². The van der Waals surface area contributed by atoms with Crippen LogP contribution >= 0.6 is 0 Å². The first-order valence-electron chi connectivity index (χ1n) is 15.0. The molecule has 0 saturated carbocycles. The fourth-order valence-corrected chi connectivity index (χ4v) is 5.06. The predicted octanol–water partition coefficient (Wildman–Crippen LogP) is 4.78. The van der Waals surface area contributed by atoms with Crippen LogP contribution in [0.25, 0.3) is 0 Å². The Bertz CT molecular complexity index is 1400. The van der Waals surface area contributed by atoms with Crippen LogP contribution in [-0.2, 0) is 24.2 Å². The van der Waals surface area contributed by atoms with Crippen LogP contribution in [0.2, 0.25) is 0 Å². The van der Waals surface area contributed by atoms with Crippen molar-refractivity contribution < 1.29 is 27.9 Å². The van der Waals surface area contributed by atoms with E-state index in [1.807, 2.05) is 38.1 Å². The van der Waals surface area contributed by atoms with Crippen LogP contribution in [0.4, 0.5) is 8.78 Å². The van der Waals surface area contributed by atoms with Gasteiger partial charge in [-0.3, -0.25) is 14.4 Å². The minimum Gasteiger partial charge on any atom is -0.375 e. The van der Waals surface area contributed by atoms with Gasteiger partial charge in [-0.05, 0) is 72.2 Å². The number of carbonyl (C=O) groups excluding carboxylic acids is 3. The highest BCUT2D eigenvalue weighted by Crippen LogP contribution is 2.32. The van der Waals surface area contributed by atoms with Crippen LogP contribution in [0.1, 0.15) is 92.9 Å². The highest BCUT2D eigenvalue weighted by atomic mass is 19.1. The Balaban J connectivity index is 2.15. The van der Waals surface area contributed by atoms with E-state index in [-0.39, 0.29) is 47.5 Å². The molecule has 0 fully saturated rings. The van der Waals surface area contributed by atoms with Gasteiger partial charge in [0.2, 0.25) is 5.91 Å². The zero-order chi connectivity index (χ0) is 32.2. The molecule has 0 bridgehead atoms. The van der Waals surface area contributed by atoms with Crippen molar-refractivity contribution in [3.8, 4) is 0 Å². The minimum atomic E-state index is -0.829. The lowest BCUT2D eigenvalue weighted by molar-refractivity contribution is 0.0937. The van der Waals surface area contributed by atoms with Gasteiger partial charge in [0.25, 0.3) is 11.8 Å². The maximum absolute atomic E-state index is 14.3. The van der Waals surface area contributed by atoms with Crippen LogP contribution in [0, 0.1) is 11.6 Å². The smallest absolute Gasteiger partial charge is 0.251 e. The fourth-order valence-electron chi connectivity index (χ4n) is 5.06. The van der Waals surface area contributed by atoms with Crippen molar-refractivity contribution in [2.45, 2.75) is 65.0 Å². The van der Waals surface area contributed by atoms with E-state index in [9.17, 15) is 23.2 Å². The van der Waals surface area contributed by atoms with Crippen LogP contribution < -0.4 is 22.1 Å². The summed E-state index contributed by atoms with van der Waals surface area (Å²) < 4.78 is 34.6. The molecule has 3 aromatic rings. The van der Waals surface area contributed by atoms with Crippen molar-refractivity contribution >= 4 is 17.7 Å². The third-order valence-corrected chi connectivity index (χ3v) is 7.27. The number of halogens is 2. The molecule has 236 valence electrons. The molecule has 0 saturated heterocycles. The Kier molecular flexibility index (Phi) is 13.0. The highest BCUT2D eigenvalue weighted by molar-refractivity contribution is 6.06. The molecule has 0 spiro atoms. The summed E-state index contributed by atoms with van der Waals surface area (Å²) in [6.45, 7) is 6.76. The van der Waals surface area contributed by atoms with Gasteiger partial charge in [-0.15, -0.1) is 0 Å². The van der Waals surface area contributed by atoms with Gasteiger partial charge in [0.15, 0.2) is 0 Å². The monoisotopic (exact) mass is 608 g/mol. The van der Waals surface area contributed by atoms with Gasteiger partial charge in [-0.25, -0.2) is 8.78 Å². The summed E-state index contributed by atoms with van der Waals surface area (Å²) in [4.78, 5) is 39.4. The molecule has 3 amide bonds. The van der Waals surface area contributed by atoms with Gasteiger partial charge in [0.1, 0.15) is 11.6 Å². The number of hydrogen-bond acceptors (Lipinski definition) is 5. The molecule has 0 aliphatic carbocycles. The predicted molar refractivity (Wildman–Crippen MR) is 166 cm³/mol. The molecule has 10 heteroatoms. The number of aryl methyl sites for hydroxylation is 1. The molecule has 0 radical (unpaired) electrons. The molecular weight excluding hydrogens is 566 g/mol. The third-order valence-electron chi connectivity index (χ3n) is 7.27. The number of hydrogen-bond donors (Lipinski definition) is 4. The molecule has 2 atom stereocenters. The average Bonchev–Trinajstić information content (AvgIpc) is 3.00. The summed E-state index contributed by atoms with van der Waals surface area (Å²) in [5, 5.41) is 5.60. The lowest BCUT2D eigenvalue weighted by Crippen LogP contribution is -2.38. The van der Waals surface area contributed by atoms with Crippen molar-refractivity contribution in [1.29, 1.82) is 0 Å². The number of benzene rings is 3. The summed E-state index contributed by atoms with van der Waals surface area (Å²) in [7, 11) is 0. The van der Waals surface area contributed by atoms with E-state index in [4.69, 9.17) is 16.2 Å². The lowest BCUT2D eigenvalue weighted by Gasteiger charge is -2.29. The SMILES string of the molecule is CCCNC(=O)c1cc(C(N)=O)cc(C(=O)NCCC)c1[C@H](Cc1cc(F)cc(F)c1)C(N)COCc1cccc(CC)c1. The number of amides is 3. The van der Waals surface area contributed by atoms with Crippen LogP contribution in [-0.4, -0.2) is 43.5 Å². The van der Waals surface area contributed by atoms with E-state index in [1.54, 1.807) is 0 Å². The fraction of sp³-hybridized carbons (Fsp3) is 0.382. The molecule has 3 aromatic carbocycles. The number of rotatable bonds is 16. The van der Waals surface area contributed by atoms with E-state index >= 15 is 0 Å². The van der Waals surface area contributed by atoms with E-state index in [2.05, 4.69) is 17.6 Å². The normalized spacial score (nSPS) is 12.4. The average molecular weight is 609 g/mol. The van der Waals surface area contributed by atoms with E-state index in [0.717, 1.165) is 23.6 Å². The Morgan fingerprint density at radius 2 is 1.39 bits per heavy atom. The zero-order valence-corrected chi connectivity index (χ0v) is 25.6. The number of nitrogens with two attached hydrogens (primary N) is 2. The Hall–Kier alpha value is -4.15.